The highest BCUT2D eigenvalue weighted by atomic mass is 32.2. The van der Waals surface area contributed by atoms with Gasteiger partial charge in [-0.25, -0.2) is 12.8 Å². The smallest absolute Gasteiger partial charge is 0.246 e. The lowest BCUT2D eigenvalue weighted by atomic mass is 10.2. The van der Waals surface area contributed by atoms with Crippen molar-refractivity contribution in [2.45, 2.75) is 18.2 Å². The summed E-state index contributed by atoms with van der Waals surface area (Å²) in [6.45, 7) is 5.86. The predicted octanol–water partition coefficient (Wildman–Crippen LogP) is 1.49. The number of sulfonamides is 1. The molecule has 3 rings (SSSR count). The number of nitrogens with zero attached hydrogens (tertiary/aromatic N) is 1. The van der Waals surface area contributed by atoms with Crippen LogP contribution in [0.25, 0.3) is 0 Å². The molecular formula is C20H26FN2O3S+. The third-order valence-corrected chi connectivity index (χ3v) is 6.75. The zero-order chi connectivity index (χ0) is 19.3. The average Bonchev–Trinajstić information content (AvgIpc) is 2.66. The monoisotopic (exact) mass is 393 g/mol. The Morgan fingerprint density at radius 1 is 1.11 bits per heavy atom. The van der Waals surface area contributed by atoms with Gasteiger partial charge in [0.25, 0.3) is 0 Å². The van der Waals surface area contributed by atoms with Gasteiger partial charge in [-0.3, -0.25) is 0 Å². The van der Waals surface area contributed by atoms with Crippen molar-refractivity contribution < 1.29 is 22.4 Å². The molecule has 1 aliphatic heterocycles. The van der Waals surface area contributed by atoms with Crippen LogP contribution in [0.4, 0.5) is 4.39 Å². The number of benzene rings is 2. The summed E-state index contributed by atoms with van der Waals surface area (Å²) >= 11 is 0. The summed E-state index contributed by atoms with van der Waals surface area (Å²) in [6.07, 6.45) is 0.906. The maximum Gasteiger partial charge on any atom is 0.246 e. The molecule has 0 atom stereocenters. The van der Waals surface area contributed by atoms with E-state index in [1.54, 1.807) is 6.07 Å². The number of halogens is 1. The highest BCUT2D eigenvalue weighted by Crippen LogP contribution is 2.18. The summed E-state index contributed by atoms with van der Waals surface area (Å²) in [5, 5.41) is 0. The molecule has 0 aromatic heterocycles. The van der Waals surface area contributed by atoms with Crippen molar-refractivity contribution in [1.82, 2.24) is 4.31 Å². The van der Waals surface area contributed by atoms with Gasteiger partial charge in [-0.05, 0) is 36.8 Å². The number of piperazine rings is 1. The molecule has 0 saturated carbocycles. The molecule has 0 bridgehead atoms. The molecule has 1 saturated heterocycles. The van der Waals surface area contributed by atoms with E-state index in [9.17, 15) is 12.8 Å². The summed E-state index contributed by atoms with van der Waals surface area (Å²) in [5.41, 5.74) is 1.17. The van der Waals surface area contributed by atoms with E-state index in [1.165, 1.54) is 33.0 Å². The Bertz CT molecular complexity index is 865. The number of quaternary nitrogens is 1. The van der Waals surface area contributed by atoms with Crippen LogP contribution >= 0.6 is 0 Å². The topological polar surface area (TPSA) is 51.1 Å². The van der Waals surface area contributed by atoms with E-state index >= 15 is 0 Å². The van der Waals surface area contributed by atoms with Gasteiger partial charge in [0.15, 0.2) is 0 Å². The van der Waals surface area contributed by atoms with Gasteiger partial charge in [0.05, 0.1) is 39.3 Å². The summed E-state index contributed by atoms with van der Waals surface area (Å²) in [6, 6.07) is 13.5. The molecule has 1 fully saturated rings. The maximum atomic E-state index is 13.9. The molecular weight excluding hydrogens is 367 g/mol. The largest absolute Gasteiger partial charge is 0.493 e. The first-order valence-corrected chi connectivity index (χ1v) is 10.7. The van der Waals surface area contributed by atoms with Crippen LogP contribution in [0.1, 0.15) is 12.0 Å². The molecule has 0 unspecified atom stereocenters. The van der Waals surface area contributed by atoms with Crippen LogP contribution in [0.3, 0.4) is 0 Å². The van der Waals surface area contributed by atoms with Gasteiger partial charge in [-0.1, -0.05) is 24.3 Å². The fourth-order valence-corrected chi connectivity index (χ4v) is 4.81. The fraction of sp³-hybridized carbons (Fsp3) is 0.400. The Hall–Kier alpha value is -1.96. The molecule has 146 valence electrons. The Kier molecular flexibility index (Phi) is 6.46. The second kappa shape index (κ2) is 8.82. The summed E-state index contributed by atoms with van der Waals surface area (Å²) in [7, 11) is -3.76. The quantitative estimate of drug-likeness (QED) is 0.726. The van der Waals surface area contributed by atoms with Crippen LogP contribution in [0.15, 0.2) is 53.4 Å². The van der Waals surface area contributed by atoms with Gasteiger partial charge in [0, 0.05) is 6.42 Å². The van der Waals surface area contributed by atoms with Crippen LogP contribution < -0.4 is 9.64 Å². The molecule has 1 aliphatic rings. The minimum absolute atomic E-state index is 0.236. The molecule has 0 aliphatic carbocycles. The molecule has 2 aromatic carbocycles. The van der Waals surface area contributed by atoms with Crippen LogP contribution in [0.5, 0.6) is 5.75 Å². The van der Waals surface area contributed by atoms with Crippen molar-refractivity contribution in [1.29, 1.82) is 0 Å². The second-order valence-corrected chi connectivity index (χ2v) is 8.76. The standard InChI is InChI=1S/C20H25FN2O3S/c1-17-6-4-7-18(16-17)26-15-5-10-22-11-13-23(14-12-22)27(24,25)20-9-3-2-8-19(20)21/h2-4,6-9,16H,5,10-15H2,1H3/p+1. The number of hydrogen-bond donors (Lipinski definition) is 1. The van der Waals surface area contributed by atoms with E-state index in [2.05, 4.69) is 0 Å². The summed E-state index contributed by atoms with van der Waals surface area (Å²) < 4.78 is 46.2. The van der Waals surface area contributed by atoms with Gasteiger partial charge < -0.3 is 9.64 Å². The Balaban J connectivity index is 1.44. The van der Waals surface area contributed by atoms with Crippen molar-refractivity contribution in [3.63, 3.8) is 0 Å². The minimum Gasteiger partial charge on any atom is -0.493 e. The van der Waals surface area contributed by atoms with E-state index in [0.29, 0.717) is 19.7 Å². The fourth-order valence-electron chi connectivity index (χ4n) is 3.30. The molecule has 0 radical (unpaired) electrons. The van der Waals surface area contributed by atoms with Gasteiger partial charge in [-0.15, -0.1) is 0 Å². The Morgan fingerprint density at radius 3 is 2.56 bits per heavy atom. The van der Waals surface area contributed by atoms with Crippen LogP contribution in [-0.4, -0.2) is 52.1 Å². The SMILES string of the molecule is Cc1cccc(OCCC[NH+]2CCN(S(=O)(=O)c3ccccc3F)CC2)c1. The molecule has 1 N–H and O–H groups in total. The minimum atomic E-state index is -3.76. The van der Waals surface area contributed by atoms with Crippen molar-refractivity contribution in [2.75, 3.05) is 39.3 Å². The molecule has 5 nitrogen and oxygen atoms in total. The highest BCUT2D eigenvalue weighted by molar-refractivity contribution is 7.89. The van der Waals surface area contributed by atoms with Crippen molar-refractivity contribution in [3.8, 4) is 5.75 Å². The third-order valence-electron chi connectivity index (χ3n) is 4.82. The third kappa shape index (κ3) is 5.06. The predicted molar refractivity (Wildman–Crippen MR) is 102 cm³/mol. The van der Waals surface area contributed by atoms with Gasteiger partial charge in [-0.2, -0.15) is 4.31 Å². The number of ether oxygens (including phenoxy) is 1. The van der Waals surface area contributed by atoms with E-state index in [4.69, 9.17) is 4.74 Å². The molecule has 0 amide bonds. The zero-order valence-electron chi connectivity index (χ0n) is 15.5. The Morgan fingerprint density at radius 2 is 1.85 bits per heavy atom. The van der Waals surface area contributed by atoms with E-state index < -0.39 is 15.8 Å². The van der Waals surface area contributed by atoms with Crippen molar-refractivity contribution >= 4 is 10.0 Å². The average molecular weight is 394 g/mol. The first-order chi connectivity index (χ1) is 13.0. The lowest BCUT2D eigenvalue weighted by molar-refractivity contribution is -0.903. The van der Waals surface area contributed by atoms with E-state index in [0.717, 1.165) is 31.8 Å². The first kappa shape index (κ1) is 19.8. The van der Waals surface area contributed by atoms with Crippen molar-refractivity contribution in [2.24, 2.45) is 0 Å². The highest BCUT2D eigenvalue weighted by Gasteiger charge is 2.31. The van der Waals surface area contributed by atoms with Gasteiger partial charge >= 0.3 is 0 Å². The number of rotatable bonds is 7. The number of nitrogens with one attached hydrogen (secondary N) is 1. The lowest BCUT2D eigenvalue weighted by Crippen LogP contribution is -3.14. The maximum absolute atomic E-state index is 13.9. The second-order valence-electron chi connectivity index (χ2n) is 6.85. The number of hydrogen-bond acceptors (Lipinski definition) is 3. The summed E-state index contributed by atoms with van der Waals surface area (Å²) in [4.78, 5) is 1.11. The zero-order valence-corrected chi connectivity index (χ0v) is 16.3. The van der Waals surface area contributed by atoms with Crippen LogP contribution in [0, 0.1) is 12.7 Å². The molecule has 27 heavy (non-hydrogen) atoms. The normalized spacial score (nSPS) is 16.4. The van der Waals surface area contributed by atoms with Crippen molar-refractivity contribution in [3.05, 3.63) is 59.9 Å². The molecule has 2 aromatic rings. The summed E-state index contributed by atoms with van der Waals surface area (Å²) in [5.74, 6) is 0.186. The van der Waals surface area contributed by atoms with Crippen LogP contribution in [0.2, 0.25) is 0 Å². The molecule has 7 heteroatoms. The van der Waals surface area contributed by atoms with Crippen LogP contribution in [-0.2, 0) is 10.0 Å². The lowest BCUT2D eigenvalue weighted by Gasteiger charge is -2.31. The van der Waals surface area contributed by atoms with E-state index in [-0.39, 0.29) is 4.90 Å². The first-order valence-electron chi connectivity index (χ1n) is 9.24. The van der Waals surface area contributed by atoms with E-state index in [1.807, 2.05) is 31.2 Å². The van der Waals surface area contributed by atoms with Gasteiger partial charge in [0.1, 0.15) is 16.5 Å². The number of aryl methyl sites for hydroxylation is 1. The molecule has 0 spiro atoms. The Labute approximate surface area is 160 Å². The van der Waals surface area contributed by atoms with Gasteiger partial charge in [0.2, 0.25) is 10.0 Å². The molecule has 1 heterocycles.